The van der Waals surface area contributed by atoms with E-state index in [1.54, 1.807) is 19.9 Å². The smallest absolute Gasteiger partial charge is 0.202 e. The van der Waals surface area contributed by atoms with Crippen molar-refractivity contribution in [2.24, 2.45) is 0 Å². The number of nitrogens with zero attached hydrogens (tertiary/aromatic N) is 1. The lowest BCUT2D eigenvalue weighted by Crippen LogP contribution is -2.54. The van der Waals surface area contributed by atoms with E-state index in [4.69, 9.17) is 28.4 Å². The molecule has 2 unspecified atom stereocenters. The number of morpholine rings is 1. The van der Waals surface area contributed by atoms with E-state index in [9.17, 15) is 29.7 Å². The zero-order valence-corrected chi connectivity index (χ0v) is 27.6. The predicted molar refractivity (Wildman–Crippen MR) is 166 cm³/mol. The molecule has 7 rings (SSSR count). The first kappa shape index (κ1) is 33.1. The second-order valence-corrected chi connectivity index (χ2v) is 13.6. The lowest BCUT2D eigenvalue weighted by Gasteiger charge is -2.43. The van der Waals surface area contributed by atoms with E-state index in [2.05, 4.69) is 4.90 Å². The summed E-state index contributed by atoms with van der Waals surface area (Å²) < 4.78 is 35.8. The van der Waals surface area contributed by atoms with Gasteiger partial charge in [0.15, 0.2) is 17.9 Å². The summed E-state index contributed by atoms with van der Waals surface area (Å²) in [4.78, 5) is 43.6. The molecule has 3 saturated heterocycles. The number of carbonyl (C=O) groups excluding carboxylic acids is 3. The molecule has 2 aromatic carbocycles. The minimum atomic E-state index is -2.10. The van der Waals surface area contributed by atoms with Crippen molar-refractivity contribution < 1.29 is 58.1 Å². The van der Waals surface area contributed by atoms with Crippen molar-refractivity contribution in [1.82, 2.24) is 4.90 Å². The van der Waals surface area contributed by atoms with Crippen molar-refractivity contribution in [3.63, 3.8) is 0 Å². The molecule has 2 aliphatic carbocycles. The summed E-state index contributed by atoms with van der Waals surface area (Å²) in [6.07, 6.45) is -3.83. The van der Waals surface area contributed by atoms with E-state index in [1.165, 1.54) is 19.2 Å². The van der Waals surface area contributed by atoms with Crippen LogP contribution in [0, 0.1) is 0 Å². The molecule has 3 fully saturated rings. The van der Waals surface area contributed by atoms with Crippen LogP contribution in [-0.4, -0.2) is 113 Å². The Kier molecular flexibility index (Phi) is 8.38. The van der Waals surface area contributed by atoms with E-state index in [1.807, 2.05) is 13.8 Å². The molecular formula is C35H41NO12. The standard InChI is InChI=1S/C35H41NO12/c1-15(2)45-14-23(37)35(42)12-19-26(32(41)28-27(30(19)39)29(38)18-7-6-8-21(43-5)25(18)31(28)40)22(13-35)47-24-11-20-33(16(3)46-24)48-34-17(4)44-10-9-36(20)34/h6-8,15-17,20,22,24,33-34,39,41-42H,9-14H2,1-5H3/t16-,17+,20?,22-,24-,33?,34+,35-/m0/s1. The summed E-state index contributed by atoms with van der Waals surface area (Å²) in [5, 5.41) is 35.5. The Morgan fingerprint density at radius 1 is 1.06 bits per heavy atom. The quantitative estimate of drug-likeness (QED) is 0.315. The van der Waals surface area contributed by atoms with Gasteiger partial charge in [-0.3, -0.25) is 19.3 Å². The van der Waals surface area contributed by atoms with Gasteiger partial charge in [0.05, 0.1) is 54.8 Å². The van der Waals surface area contributed by atoms with Crippen molar-refractivity contribution in [3.8, 4) is 17.2 Å². The number of aromatic hydroxyl groups is 2. The van der Waals surface area contributed by atoms with Gasteiger partial charge in [0.1, 0.15) is 41.8 Å². The van der Waals surface area contributed by atoms with E-state index < -0.39 is 77.1 Å². The van der Waals surface area contributed by atoms with Crippen LogP contribution in [-0.2, 0) is 34.9 Å². The number of benzene rings is 2. The zero-order chi connectivity index (χ0) is 34.2. The third kappa shape index (κ3) is 5.15. The molecule has 2 aromatic rings. The molecule has 8 atom stereocenters. The third-order valence-corrected chi connectivity index (χ3v) is 10.3. The highest BCUT2D eigenvalue weighted by molar-refractivity contribution is 6.31. The molecule has 13 nitrogen and oxygen atoms in total. The maximum absolute atomic E-state index is 14.0. The van der Waals surface area contributed by atoms with Gasteiger partial charge in [-0.25, -0.2) is 0 Å². The number of phenolic OH excluding ortho intramolecular Hbond substituents is 2. The predicted octanol–water partition coefficient (Wildman–Crippen LogP) is 2.56. The molecule has 0 bridgehead atoms. The van der Waals surface area contributed by atoms with Gasteiger partial charge in [0, 0.05) is 48.5 Å². The number of fused-ring (bicyclic) bond motifs is 6. The fourth-order valence-electron chi connectivity index (χ4n) is 7.96. The van der Waals surface area contributed by atoms with Crippen molar-refractivity contribution in [1.29, 1.82) is 0 Å². The monoisotopic (exact) mass is 667 g/mol. The minimum absolute atomic E-state index is 0.00422. The van der Waals surface area contributed by atoms with Gasteiger partial charge in [0.2, 0.25) is 5.78 Å². The summed E-state index contributed by atoms with van der Waals surface area (Å²) in [6.45, 7) is 8.15. The maximum atomic E-state index is 14.0. The Morgan fingerprint density at radius 2 is 1.81 bits per heavy atom. The molecule has 13 heteroatoms. The fraction of sp³-hybridized carbons (Fsp3) is 0.571. The number of hydrogen-bond donors (Lipinski definition) is 3. The molecule has 5 aliphatic rings. The molecule has 48 heavy (non-hydrogen) atoms. The maximum Gasteiger partial charge on any atom is 0.202 e. The van der Waals surface area contributed by atoms with E-state index in [0.29, 0.717) is 19.6 Å². The van der Waals surface area contributed by atoms with Crippen LogP contribution in [0.15, 0.2) is 18.2 Å². The summed E-state index contributed by atoms with van der Waals surface area (Å²) in [6, 6.07) is 4.44. The van der Waals surface area contributed by atoms with Crippen LogP contribution in [0.1, 0.15) is 89.6 Å². The highest BCUT2D eigenvalue weighted by Gasteiger charge is 2.54. The Bertz CT molecular complexity index is 1670. The van der Waals surface area contributed by atoms with Crippen molar-refractivity contribution >= 4 is 17.3 Å². The molecule has 0 amide bonds. The topological polar surface area (TPSA) is 171 Å². The molecule has 258 valence electrons. The van der Waals surface area contributed by atoms with E-state index >= 15 is 0 Å². The number of methoxy groups -OCH3 is 1. The van der Waals surface area contributed by atoms with Crippen molar-refractivity contribution in [3.05, 3.63) is 51.6 Å². The van der Waals surface area contributed by atoms with Gasteiger partial charge in [-0.05, 0) is 33.8 Å². The number of rotatable bonds is 7. The van der Waals surface area contributed by atoms with Crippen LogP contribution in [0.3, 0.4) is 0 Å². The van der Waals surface area contributed by atoms with Gasteiger partial charge in [-0.2, -0.15) is 0 Å². The van der Waals surface area contributed by atoms with Crippen LogP contribution in [0.5, 0.6) is 17.2 Å². The summed E-state index contributed by atoms with van der Waals surface area (Å²) >= 11 is 0. The summed E-state index contributed by atoms with van der Waals surface area (Å²) in [7, 11) is 1.36. The normalized spacial score (nSPS) is 32.7. The SMILES string of the molecule is COc1cccc2c1C(=O)c1c(O)c3c(c(O)c1C2=O)C[C@@](O)(C(=O)COC(C)C)C[C@@H]3O[C@H]1CC2C(O[C@@H]3[C@@H](C)OCCN23)[C@H](C)O1. The molecule has 0 aromatic heterocycles. The third-order valence-electron chi connectivity index (χ3n) is 10.3. The first-order valence-electron chi connectivity index (χ1n) is 16.4. The molecule has 3 heterocycles. The van der Waals surface area contributed by atoms with Crippen LogP contribution < -0.4 is 4.74 Å². The van der Waals surface area contributed by atoms with E-state index in [-0.39, 0.29) is 65.0 Å². The van der Waals surface area contributed by atoms with Crippen LogP contribution in [0.4, 0.5) is 0 Å². The number of aliphatic hydroxyl groups is 1. The number of carbonyl (C=O) groups is 3. The van der Waals surface area contributed by atoms with Gasteiger partial charge in [-0.1, -0.05) is 12.1 Å². The van der Waals surface area contributed by atoms with Gasteiger partial charge >= 0.3 is 0 Å². The van der Waals surface area contributed by atoms with Gasteiger partial charge < -0.3 is 43.7 Å². The van der Waals surface area contributed by atoms with Gasteiger partial charge in [-0.15, -0.1) is 0 Å². The lowest BCUT2D eigenvalue weighted by atomic mass is 9.72. The number of ether oxygens (including phenoxy) is 6. The molecule has 0 radical (unpaired) electrons. The molecular weight excluding hydrogens is 626 g/mol. The number of phenols is 2. The summed E-state index contributed by atoms with van der Waals surface area (Å²) in [5.41, 5.74) is -3.01. The van der Waals surface area contributed by atoms with E-state index in [0.717, 1.165) is 0 Å². The van der Waals surface area contributed by atoms with Crippen LogP contribution >= 0.6 is 0 Å². The number of Topliss-reactive ketones (excluding diaryl/α,β-unsaturated/α-hetero) is 1. The second-order valence-electron chi connectivity index (χ2n) is 13.6. The Hall–Kier alpha value is -3.43. The van der Waals surface area contributed by atoms with Crippen molar-refractivity contribution in [2.45, 2.75) is 102 Å². The average Bonchev–Trinajstić information content (AvgIpc) is 3.44. The highest BCUT2D eigenvalue weighted by Crippen LogP contribution is 2.53. The Morgan fingerprint density at radius 3 is 2.54 bits per heavy atom. The first-order chi connectivity index (χ1) is 22.8. The molecule has 3 N–H and O–H groups in total. The largest absolute Gasteiger partial charge is 0.507 e. The van der Waals surface area contributed by atoms with Crippen molar-refractivity contribution in [2.75, 3.05) is 26.9 Å². The van der Waals surface area contributed by atoms with Crippen LogP contribution in [0.25, 0.3) is 0 Å². The highest BCUT2D eigenvalue weighted by atomic mass is 16.7. The first-order valence-corrected chi connectivity index (χ1v) is 16.4. The minimum Gasteiger partial charge on any atom is -0.507 e. The Balaban J connectivity index is 1.30. The summed E-state index contributed by atoms with van der Waals surface area (Å²) in [5.74, 6) is -3.12. The Labute approximate surface area is 277 Å². The molecule has 3 aliphatic heterocycles. The number of ketones is 3. The zero-order valence-electron chi connectivity index (χ0n) is 27.6. The number of hydrogen-bond acceptors (Lipinski definition) is 13. The average molecular weight is 668 g/mol. The second kappa shape index (κ2) is 12.2. The fourth-order valence-corrected chi connectivity index (χ4v) is 7.96. The van der Waals surface area contributed by atoms with Crippen LogP contribution in [0.2, 0.25) is 0 Å². The van der Waals surface area contributed by atoms with Gasteiger partial charge in [0.25, 0.3) is 0 Å². The molecule has 0 saturated carbocycles. The molecule has 0 spiro atoms. The lowest BCUT2D eigenvalue weighted by molar-refractivity contribution is -0.247.